The van der Waals surface area contributed by atoms with E-state index in [1.807, 2.05) is 6.07 Å². The van der Waals surface area contributed by atoms with Crippen LogP contribution in [0.1, 0.15) is 16.8 Å². The highest BCUT2D eigenvalue weighted by Crippen LogP contribution is 2.25. The summed E-state index contributed by atoms with van der Waals surface area (Å²) in [5.41, 5.74) is 3.83. The standard InChI is InChI=1S/C22H25N7/c1-17-15-20(27-11-13-28(14-12-27)21-23-8-4-9-24-21)26-22(25-17)29-10-7-18-5-2-3-6-19(18)16-29/h2-6,8-9,15H,7,10-14,16H2,1H3. The third kappa shape index (κ3) is 3.72. The van der Waals surface area contributed by atoms with Crippen molar-refractivity contribution in [1.82, 2.24) is 19.9 Å². The van der Waals surface area contributed by atoms with Crippen molar-refractivity contribution >= 4 is 17.7 Å². The molecule has 29 heavy (non-hydrogen) atoms. The number of aryl methyl sites for hydroxylation is 1. The number of hydrogen-bond acceptors (Lipinski definition) is 7. The number of anilines is 3. The van der Waals surface area contributed by atoms with E-state index in [4.69, 9.17) is 9.97 Å². The lowest BCUT2D eigenvalue weighted by molar-refractivity contribution is 0.631. The van der Waals surface area contributed by atoms with Crippen LogP contribution in [0.4, 0.5) is 17.7 Å². The van der Waals surface area contributed by atoms with Crippen molar-refractivity contribution in [3.05, 3.63) is 65.6 Å². The zero-order valence-corrected chi connectivity index (χ0v) is 16.7. The van der Waals surface area contributed by atoms with Gasteiger partial charge in [0.25, 0.3) is 0 Å². The lowest BCUT2D eigenvalue weighted by atomic mass is 10.0. The van der Waals surface area contributed by atoms with Gasteiger partial charge in [-0.3, -0.25) is 0 Å². The molecule has 3 aromatic rings. The van der Waals surface area contributed by atoms with Crippen LogP contribution < -0.4 is 14.7 Å². The van der Waals surface area contributed by atoms with Crippen molar-refractivity contribution in [2.24, 2.45) is 0 Å². The topological polar surface area (TPSA) is 61.3 Å². The molecular weight excluding hydrogens is 362 g/mol. The molecule has 0 aliphatic carbocycles. The minimum atomic E-state index is 0.804. The molecule has 2 aliphatic rings. The van der Waals surface area contributed by atoms with E-state index in [0.717, 1.165) is 69.1 Å². The Morgan fingerprint density at radius 2 is 1.45 bits per heavy atom. The Bertz CT molecular complexity index is 983. The second-order valence-electron chi connectivity index (χ2n) is 7.63. The predicted molar refractivity (Wildman–Crippen MR) is 114 cm³/mol. The van der Waals surface area contributed by atoms with Gasteiger partial charge in [0.1, 0.15) is 5.82 Å². The van der Waals surface area contributed by atoms with Gasteiger partial charge in [0.2, 0.25) is 11.9 Å². The number of nitrogens with zero attached hydrogens (tertiary/aromatic N) is 7. The van der Waals surface area contributed by atoms with E-state index in [1.54, 1.807) is 12.4 Å². The van der Waals surface area contributed by atoms with Crippen molar-refractivity contribution < 1.29 is 0 Å². The first-order valence-electron chi connectivity index (χ1n) is 10.2. The van der Waals surface area contributed by atoms with Crippen molar-refractivity contribution in [3.8, 4) is 0 Å². The largest absolute Gasteiger partial charge is 0.353 e. The van der Waals surface area contributed by atoms with E-state index in [2.05, 4.69) is 61.9 Å². The molecule has 0 unspecified atom stereocenters. The van der Waals surface area contributed by atoms with E-state index < -0.39 is 0 Å². The molecule has 0 radical (unpaired) electrons. The summed E-state index contributed by atoms with van der Waals surface area (Å²) < 4.78 is 0. The molecule has 5 rings (SSSR count). The van der Waals surface area contributed by atoms with Crippen LogP contribution in [0, 0.1) is 6.92 Å². The Morgan fingerprint density at radius 3 is 2.24 bits per heavy atom. The van der Waals surface area contributed by atoms with Crippen LogP contribution in [-0.2, 0) is 13.0 Å². The van der Waals surface area contributed by atoms with E-state index >= 15 is 0 Å². The summed E-state index contributed by atoms with van der Waals surface area (Å²) in [6.45, 7) is 7.46. The number of benzene rings is 1. The minimum Gasteiger partial charge on any atom is -0.353 e. The second kappa shape index (κ2) is 7.66. The first-order chi connectivity index (χ1) is 14.3. The number of piperazine rings is 1. The molecule has 7 nitrogen and oxygen atoms in total. The fourth-order valence-electron chi connectivity index (χ4n) is 4.10. The SMILES string of the molecule is Cc1cc(N2CCN(c3ncccn3)CC2)nc(N2CCc3ccccc3C2)n1. The number of rotatable bonds is 3. The van der Waals surface area contributed by atoms with Gasteiger partial charge < -0.3 is 14.7 Å². The van der Waals surface area contributed by atoms with Gasteiger partial charge in [0.05, 0.1) is 0 Å². The van der Waals surface area contributed by atoms with Gasteiger partial charge in [-0.25, -0.2) is 15.0 Å². The van der Waals surface area contributed by atoms with Gasteiger partial charge >= 0.3 is 0 Å². The maximum atomic E-state index is 4.94. The van der Waals surface area contributed by atoms with Crippen LogP contribution in [-0.4, -0.2) is 52.7 Å². The molecule has 1 aromatic carbocycles. The van der Waals surface area contributed by atoms with E-state index in [0.29, 0.717) is 0 Å². The molecule has 1 saturated heterocycles. The lowest BCUT2D eigenvalue weighted by Crippen LogP contribution is -2.47. The summed E-state index contributed by atoms with van der Waals surface area (Å²) in [4.78, 5) is 25.3. The molecule has 4 heterocycles. The summed E-state index contributed by atoms with van der Waals surface area (Å²) in [7, 11) is 0. The van der Waals surface area contributed by atoms with Crippen LogP contribution in [0.2, 0.25) is 0 Å². The monoisotopic (exact) mass is 387 g/mol. The molecule has 0 atom stereocenters. The first kappa shape index (κ1) is 17.8. The number of hydrogen-bond donors (Lipinski definition) is 0. The summed E-state index contributed by atoms with van der Waals surface area (Å²) in [6, 6.07) is 12.6. The minimum absolute atomic E-state index is 0.804. The molecular formula is C22H25N7. The Morgan fingerprint density at radius 1 is 0.724 bits per heavy atom. The predicted octanol–water partition coefficient (Wildman–Crippen LogP) is 2.46. The van der Waals surface area contributed by atoms with Crippen molar-refractivity contribution in [2.45, 2.75) is 19.9 Å². The van der Waals surface area contributed by atoms with Crippen LogP contribution in [0.3, 0.4) is 0 Å². The molecule has 1 fully saturated rings. The fraction of sp³-hybridized carbons (Fsp3) is 0.364. The fourth-order valence-corrected chi connectivity index (χ4v) is 4.10. The van der Waals surface area contributed by atoms with E-state index in [1.165, 1.54) is 11.1 Å². The van der Waals surface area contributed by atoms with Gasteiger partial charge in [-0.05, 0) is 30.5 Å². The van der Waals surface area contributed by atoms with Crippen molar-refractivity contribution in [2.75, 3.05) is 47.4 Å². The molecule has 148 valence electrons. The lowest BCUT2D eigenvalue weighted by Gasteiger charge is -2.36. The van der Waals surface area contributed by atoms with Gasteiger partial charge in [0.15, 0.2) is 0 Å². The quantitative estimate of drug-likeness (QED) is 0.684. The van der Waals surface area contributed by atoms with Crippen LogP contribution in [0.25, 0.3) is 0 Å². The van der Waals surface area contributed by atoms with Gasteiger partial charge in [-0.1, -0.05) is 24.3 Å². The molecule has 0 saturated carbocycles. The third-order valence-corrected chi connectivity index (χ3v) is 5.68. The molecule has 7 heteroatoms. The van der Waals surface area contributed by atoms with E-state index in [-0.39, 0.29) is 0 Å². The maximum absolute atomic E-state index is 4.94. The molecule has 0 bridgehead atoms. The zero-order valence-electron chi connectivity index (χ0n) is 16.7. The average molecular weight is 387 g/mol. The Hall–Kier alpha value is -3.22. The van der Waals surface area contributed by atoms with Crippen molar-refractivity contribution in [3.63, 3.8) is 0 Å². The highest BCUT2D eigenvalue weighted by Gasteiger charge is 2.23. The van der Waals surface area contributed by atoms with Crippen LogP contribution >= 0.6 is 0 Å². The Labute approximate surface area is 171 Å². The smallest absolute Gasteiger partial charge is 0.227 e. The van der Waals surface area contributed by atoms with Gasteiger partial charge in [0, 0.05) is 63.4 Å². The second-order valence-corrected chi connectivity index (χ2v) is 7.63. The normalized spacial score (nSPS) is 16.7. The Kier molecular flexibility index (Phi) is 4.71. The molecule has 2 aliphatic heterocycles. The Balaban J connectivity index is 1.32. The van der Waals surface area contributed by atoms with Crippen molar-refractivity contribution in [1.29, 1.82) is 0 Å². The molecule has 2 aromatic heterocycles. The average Bonchev–Trinajstić information content (AvgIpc) is 2.79. The van der Waals surface area contributed by atoms with Crippen LogP contribution in [0.5, 0.6) is 0 Å². The summed E-state index contributed by atoms with van der Waals surface area (Å²) >= 11 is 0. The highest BCUT2D eigenvalue weighted by molar-refractivity contribution is 5.49. The van der Waals surface area contributed by atoms with E-state index in [9.17, 15) is 0 Å². The summed E-state index contributed by atoms with van der Waals surface area (Å²) in [6.07, 6.45) is 4.63. The molecule has 0 amide bonds. The number of fused-ring (bicyclic) bond motifs is 1. The molecule has 0 spiro atoms. The summed E-state index contributed by atoms with van der Waals surface area (Å²) in [5.74, 6) is 2.65. The first-order valence-corrected chi connectivity index (χ1v) is 10.2. The maximum Gasteiger partial charge on any atom is 0.227 e. The third-order valence-electron chi connectivity index (χ3n) is 5.68. The van der Waals surface area contributed by atoms with Gasteiger partial charge in [-0.2, -0.15) is 4.98 Å². The highest BCUT2D eigenvalue weighted by atomic mass is 15.3. The zero-order chi connectivity index (χ0) is 19.6. The van der Waals surface area contributed by atoms with Gasteiger partial charge in [-0.15, -0.1) is 0 Å². The summed E-state index contributed by atoms with van der Waals surface area (Å²) in [5, 5.41) is 0. The number of aromatic nitrogens is 4. The van der Waals surface area contributed by atoms with Crippen LogP contribution in [0.15, 0.2) is 48.8 Å². The molecule has 0 N–H and O–H groups in total.